The molecule has 3 aliphatic rings. The molecule has 2 saturated heterocycles. The van der Waals surface area contributed by atoms with Crippen LogP contribution < -0.4 is 0 Å². The van der Waals surface area contributed by atoms with E-state index in [1.165, 1.54) is 0 Å². The van der Waals surface area contributed by atoms with E-state index in [1.54, 1.807) is 0 Å². The van der Waals surface area contributed by atoms with E-state index in [0.29, 0.717) is 6.61 Å². The van der Waals surface area contributed by atoms with Gasteiger partial charge in [-0.25, -0.2) is 0 Å². The van der Waals surface area contributed by atoms with E-state index in [2.05, 4.69) is 0 Å². The molecule has 0 amide bonds. The molecule has 1 aromatic carbocycles. The molecular weight excluding hydrogens is 296 g/mol. The summed E-state index contributed by atoms with van der Waals surface area (Å²) >= 11 is 0. The Bertz CT molecular complexity index is 558. The lowest BCUT2D eigenvalue weighted by Gasteiger charge is -2.49. The first-order valence-electron chi connectivity index (χ1n) is 8.34. The van der Waals surface area contributed by atoms with Crippen LogP contribution in [0.3, 0.4) is 0 Å². The highest BCUT2D eigenvalue weighted by Gasteiger charge is 2.67. The van der Waals surface area contributed by atoms with Crippen LogP contribution in [-0.2, 0) is 25.6 Å². The number of rotatable bonds is 4. The molecule has 23 heavy (non-hydrogen) atoms. The molecule has 5 heteroatoms. The van der Waals surface area contributed by atoms with Crippen molar-refractivity contribution in [2.45, 2.75) is 63.2 Å². The van der Waals surface area contributed by atoms with Gasteiger partial charge in [0.1, 0.15) is 17.8 Å². The van der Waals surface area contributed by atoms with Crippen molar-refractivity contribution in [1.29, 1.82) is 0 Å². The predicted octanol–water partition coefficient (Wildman–Crippen LogP) is 2.22. The number of fused-ring (bicyclic) bond motifs is 1. The number of hydrogen-bond donors (Lipinski definition) is 1. The van der Waals surface area contributed by atoms with E-state index < -0.39 is 17.7 Å². The minimum Gasteiger partial charge on any atom is -0.396 e. The Kier molecular flexibility index (Phi) is 3.74. The van der Waals surface area contributed by atoms with Crippen LogP contribution in [0.5, 0.6) is 0 Å². The normalized spacial score (nSPS) is 41.0. The van der Waals surface area contributed by atoms with Crippen molar-refractivity contribution in [3.63, 3.8) is 0 Å². The molecule has 0 bridgehead atoms. The van der Waals surface area contributed by atoms with Crippen LogP contribution in [0.25, 0.3) is 0 Å². The molecule has 0 radical (unpaired) electrons. The Hall–Kier alpha value is -0.980. The van der Waals surface area contributed by atoms with E-state index in [1.807, 2.05) is 44.2 Å². The van der Waals surface area contributed by atoms with Crippen LogP contribution in [0.1, 0.15) is 32.3 Å². The van der Waals surface area contributed by atoms with Gasteiger partial charge in [0.2, 0.25) is 0 Å². The number of hydrogen-bond acceptors (Lipinski definition) is 5. The van der Waals surface area contributed by atoms with Crippen molar-refractivity contribution < 1.29 is 24.1 Å². The third kappa shape index (κ3) is 2.51. The fourth-order valence-corrected chi connectivity index (χ4v) is 4.02. The fraction of sp³-hybridized carbons (Fsp3) is 0.667. The largest absolute Gasteiger partial charge is 0.396 e. The smallest absolute Gasteiger partial charge is 0.190 e. The van der Waals surface area contributed by atoms with Crippen LogP contribution in [0.4, 0.5) is 0 Å². The van der Waals surface area contributed by atoms with E-state index in [4.69, 9.17) is 18.9 Å². The zero-order valence-electron chi connectivity index (χ0n) is 13.6. The third-order valence-electron chi connectivity index (χ3n) is 5.27. The Morgan fingerprint density at radius 1 is 1.17 bits per heavy atom. The van der Waals surface area contributed by atoms with E-state index in [9.17, 15) is 5.11 Å². The molecule has 1 aromatic rings. The third-order valence-corrected chi connectivity index (χ3v) is 5.27. The molecule has 2 aliphatic heterocycles. The second kappa shape index (κ2) is 5.53. The summed E-state index contributed by atoms with van der Waals surface area (Å²) in [6.45, 7) is 4.38. The number of ether oxygens (including phenoxy) is 4. The summed E-state index contributed by atoms with van der Waals surface area (Å²) in [7, 11) is 0. The maximum Gasteiger partial charge on any atom is 0.190 e. The molecule has 4 rings (SSSR count). The molecule has 5 nitrogen and oxygen atoms in total. The molecular formula is C18H24O5. The lowest BCUT2D eigenvalue weighted by molar-refractivity contribution is -0.280. The minimum absolute atomic E-state index is 0.0872. The average molecular weight is 320 g/mol. The summed E-state index contributed by atoms with van der Waals surface area (Å²) in [4.78, 5) is 0. The minimum atomic E-state index is -0.663. The summed E-state index contributed by atoms with van der Waals surface area (Å²) in [5.41, 5.74) is 0.638. The number of benzene rings is 1. The van der Waals surface area contributed by atoms with Crippen LogP contribution in [0.15, 0.2) is 30.3 Å². The van der Waals surface area contributed by atoms with Gasteiger partial charge in [-0.3, -0.25) is 0 Å². The zero-order chi connectivity index (χ0) is 16.1. The second-order valence-electron chi connectivity index (χ2n) is 7.18. The summed E-state index contributed by atoms with van der Waals surface area (Å²) < 4.78 is 24.4. The Morgan fingerprint density at radius 3 is 2.61 bits per heavy atom. The van der Waals surface area contributed by atoms with Crippen molar-refractivity contribution in [2.75, 3.05) is 6.61 Å². The Morgan fingerprint density at radius 2 is 1.96 bits per heavy atom. The molecule has 1 saturated carbocycles. The van der Waals surface area contributed by atoms with Crippen molar-refractivity contribution in [3.05, 3.63) is 35.9 Å². The molecule has 2 heterocycles. The first-order chi connectivity index (χ1) is 11.0. The number of aliphatic hydroxyl groups excluding tert-OH is 1. The quantitative estimate of drug-likeness (QED) is 0.922. The van der Waals surface area contributed by atoms with E-state index >= 15 is 0 Å². The van der Waals surface area contributed by atoms with Crippen molar-refractivity contribution in [3.8, 4) is 0 Å². The van der Waals surface area contributed by atoms with Crippen molar-refractivity contribution in [1.82, 2.24) is 0 Å². The topological polar surface area (TPSA) is 57.2 Å². The SMILES string of the molecule is CC1(C)OC2O[C@]3(CCC3CO)C(OCc3ccccc3)C2O1. The van der Waals surface area contributed by atoms with Crippen LogP contribution in [0.2, 0.25) is 0 Å². The standard InChI is InChI=1S/C18H24O5/c1-17(2)21-14-15(20-11-12-6-4-3-5-7-12)18(23-16(14)22-17)9-8-13(18)10-19/h3-7,13-16,19H,8-11H2,1-2H3/t13?,14?,15?,16?,18-/m0/s1. The van der Waals surface area contributed by atoms with Gasteiger partial charge in [0.25, 0.3) is 0 Å². The van der Waals surface area contributed by atoms with Crippen LogP contribution in [0, 0.1) is 5.92 Å². The highest BCUT2D eigenvalue weighted by molar-refractivity contribution is 5.15. The molecule has 3 fully saturated rings. The Balaban J connectivity index is 1.54. The highest BCUT2D eigenvalue weighted by Crippen LogP contribution is 2.55. The van der Waals surface area contributed by atoms with Gasteiger partial charge in [-0.2, -0.15) is 0 Å². The Labute approximate surface area is 136 Å². The molecule has 1 N–H and O–H groups in total. The average Bonchev–Trinajstić information content (AvgIpc) is 2.96. The first kappa shape index (κ1) is 15.5. The van der Waals surface area contributed by atoms with Crippen molar-refractivity contribution >= 4 is 0 Å². The molecule has 0 aromatic heterocycles. The van der Waals surface area contributed by atoms with Gasteiger partial charge < -0.3 is 24.1 Å². The van der Waals surface area contributed by atoms with Gasteiger partial charge in [-0.15, -0.1) is 0 Å². The van der Waals surface area contributed by atoms with Gasteiger partial charge in [-0.05, 0) is 32.3 Å². The molecule has 4 unspecified atom stereocenters. The summed E-state index contributed by atoms with van der Waals surface area (Å²) in [5.74, 6) is -0.576. The van der Waals surface area contributed by atoms with Gasteiger partial charge in [-0.1, -0.05) is 30.3 Å². The first-order valence-corrected chi connectivity index (χ1v) is 8.34. The molecule has 1 aliphatic carbocycles. The monoisotopic (exact) mass is 320 g/mol. The maximum atomic E-state index is 9.66. The van der Waals surface area contributed by atoms with Gasteiger partial charge in [0.15, 0.2) is 12.1 Å². The van der Waals surface area contributed by atoms with Crippen LogP contribution in [-0.4, -0.2) is 41.6 Å². The predicted molar refractivity (Wildman–Crippen MR) is 82.5 cm³/mol. The molecule has 1 spiro atoms. The summed E-state index contributed by atoms with van der Waals surface area (Å²) in [6.07, 6.45) is 0.936. The van der Waals surface area contributed by atoms with Gasteiger partial charge in [0, 0.05) is 12.5 Å². The molecule has 5 atom stereocenters. The highest BCUT2D eigenvalue weighted by atomic mass is 16.8. The second-order valence-corrected chi connectivity index (χ2v) is 7.18. The van der Waals surface area contributed by atoms with Gasteiger partial charge >= 0.3 is 0 Å². The lowest BCUT2D eigenvalue weighted by atomic mass is 9.66. The van der Waals surface area contributed by atoms with Gasteiger partial charge in [0.05, 0.1) is 6.61 Å². The molecule has 126 valence electrons. The lowest BCUT2D eigenvalue weighted by Crippen LogP contribution is -2.58. The fourth-order valence-electron chi connectivity index (χ4n) is 4.02. The summed E-state index contributed by atoms with van der Waals surface area (Å²) in [6, 6.07) is 10.1. The van der Waals surface area contributed by atoms with Crippen LogP contribution >= 0.6 is 0 Å². The van der Waals surface area contributed by atoms with E-state index in [0.717, 1.165) is 18.4 Å². The van der Waals surface area contributed by atoms with Crippen molar-refractivity contribution in [2.24, 2.45) is 5.92 Å². The summed E-state index contributed by atoms with van der Waals surface area (Å²) in [5, 5.41) is 9.66. The zero-order valence-corrected chi connectivity index (χ0v) is 13.6. The number of aliphatic hydroxyl groups is 1. The van der Waals surface area contributed by atoms with E-state index in [-0.39, 0.29) is 24.7 Å². The maximum absolute atomic E-state index is 9.66.